The van der Waals surface area contributed by atoms with E-state index < -0.39 is 24.3 Å². The van der Waals surface area contributed by atoms with Crippen molar-refractivity contribution >= 4 is 45.8 Å². The summed E-state index contributed by atoms with van der Waals surface area (Å²) in [4.78, 5) is 72.8. The molecule has 2 saturated heterocycles. The van der Waals surface area contributed by atoms with E-state index in [0.29, 0.717) is 36.9 Å². The lowest BCUT2D eigenvalue weighted by atomic mass is 9.92. The third kappa shape index (κ3) is 7.45. The lowest BCUT2D eigenvalue weighted by molar-refractivity contribution is -0.136. The first kappa shape index (κ1) is 40.5. The number of carbonyl (C=O) groups excluding carboxylic acids is 4. The molecular weight excluding hydrogens is 789 g/mol. The minimum atomic E-state index is -0.895. The van der Waals surface area contributed by atoms with Crippen LogP contribution in [0, 0.1) is 11.8 Å². The zero-order valence-electron chi connectivity index (χ0n) is 35.4. The number of fused-ring (bicyclic) bond motifs is 6. The van der Waals surface area contributed by atoms with Crippen LogP contribution in [0.4, 0.5) is 9.59 Å². The monoisotopic (exact) mass is 838 g/mol. The molecule has 4 N–H and O–H groups in total. The number of hydrogen-bond donors (Lipinski definition) is 4. The summed E-state index contributed by atoms with van der Waals surface area (Å²) in [6, 6.07) is 21.6. The summed E-state index contributed by atoms with van der Waals surface area (Å²) in [6.07, 6.45) is 2.78. The number of methoxy groups -OCH3 is 2. The Labute approximate surface area is 358 Å². The van der Waals surface area contributed by atoms with Crippen molar-refractivity contribution in [2.45, 2.75) is 70.8 Å². The first-order chi connectivity index (χ1) is 30.0. The van der Waals surface area contributed by atoms with E-state index in [-0.39, 0.29) is 35.7 Å². The molecule has 9 rings (SSSR count). The highest BCUT2D eigenvalue weighted by Crippen LogP contribution is 2.44. The van der Waals surface area contributed by atoms with Gasteiger partial charge in [0.05, 0.1) is 49.2 Å². The number of carbonyl (C=O) groups is 4. The fourth-order valence-corrected chi connectivity index (χ4v) is 9.30. The maximum atomic E-state index is 14.0. The number of benzene rings is 4. The van der Waals surface area contributed by atoms with E-state index in [1.165, 1.54) is 14.2 Å². The highest BCUT2D eigenvalue weighted by Gasteiger charge is 2.41. The lowest BCUT2D eigenvalue weighted by Crippen LogP contribution is -2.51. The molecule has 6 aromatic rings. The van der Waals surface area contributed by atoms with Crippen LogP contribution >= 0.6 is 0 Å². The van der Waals surface area contributed by atoms with Gasteiger partial charge in [0.1, 0.15) is 36.1 Å². The maximum absolute atomic E-state index is 14.0. The van der Waals surface area contributed by atoms with Gasteiger partial charge in [-0.1, -0.05) is 69.3 Å². The molecule has 3 aliphatic heterocycles. The summed E-state index contributed by atoms with van der Waals surface area (Å²) in [7, 11) is 2.57. The number of hydrogen-bond acceptors (Lipinski definition) is 9. The Balaban J connectivity index is 0.960. The van der Waals surface area contributed by atoms with Crippen LogP contribution in [0.25, 0.3) is 44.2 Å². The van der Waals surface area contributed by atoms with Crippen molar-refractivity contribution in [3.05, 3.63) is 102 Å². The third-order valence-electron chi connectivity index (χ3n) is 12.5. The first-order valence-corrected chi connectivity index (χ1v) is 21.1. The second kappa shape index (κ2) is 16.5. The number of amides is 4. The average molecular weight is 839 g/mol. The normalized spacial score (nSPS) is 19.2. The predicted octanol–water partition coefficient (Wildman–Crippen LogP) is 7.72. The summed E-state index contributed by atoms with van der Waals surface area (Å²) in [5.41, 5.74) is 7.21. The van der Waals surface area contributed by atoms with E-state index in [1.807, 2.05) is 55.1 Å². The molecule has 4 aromatic carbocycles. The van der Waals surface area contributed by atoms with Crippen LogP contribution in [0.15, 0.2) is 79.0 Å². The molecule has 2 fully saturated rings. The summed E-state index contributed by atoms with van der Waals surface area (Å²) < 4.78 is 16.1. The lowest BCUT2D eigenvalue weighted by Gasteiger charge is -2.30. The number of ether oxygens (including phenoxy) is 3. The molecule has 3 aliphatic rings. The van der Waals surface area contributed by atoms with Crippen molar-refractivity contribution in [1.82, 2.24) is 40.4 Å². The molecule has 15 nitrogen and oxygen atoms in total. The van der Waals surface area contributed by atoms with Gasteiger partial charge in [-0.25, -0.2) is 19.6 Å². The van der Waals surface area contributed by atoms with Crippen molar-refractivity contribution in [3.8, 4) is 28.1 Å². The minimum Gasteiger partial charge on any atom is -0.488 e. The smallest absolute Gasteiger partial charge is 0.407 e. The molecule has 0 bridgehead atoms. The quantitative estimate of drug-likeness (QED) is 0.113. The van der Waals surface area contributed by atoms with E-state index >= 15 is 0 Å². The van der Waals surface area contributed by atoms with Crippen molar-refractivity contribution < 1.29 is 33.4 Å². The fraction of sp³-hybridized carbons (Fsp3) is 0.362. The highest BCUT2D eigenvalue weighted by atomic mass is 16.5. The van der Waals surface area contributed by atoms with Crippen molar-refractivity contribution in [2.24, 2.45) is 11.8 Å². The summed E-state index contributed by atoms with van der Waals surface area (Å²) in [6.45, 7) is 7.41. The second-order valence-electron chi connectivity index (χ2n) is 16.9. The fourth-order valence-electron chi connectivity index (χ4n) is 9.30. The zero-order valence-corrected chi connectivity index (χ0v) is 35.4. The van der Waals surface area contributed by atoms with E-state index in [2.05, 4.69) is 63.9 Å². The van der Waals surface area contributed by atoms with Crippen molar-refractivity contribution in [3.63, 3.8) is 0 Å². The number of aromatic amines is 2. The van der Waals surface area contributed by atoms with Crippen LogP contribution in [-0.2, 0) is 25.7 Å². The third-order valence-corrected chi connectivity index (χ3v) is 12.5. The summed E-state index contributed by atoms with van der Waals surface area (Å²) in [5, 5.41) is 7.41. The molecule has 320 valence electrons. The maximum Gasteiger partial charge on any atom is 0.407 e. The Bertz CT molecular complexity index is 2690. The molecule has 5 atom stereocenters. The van der Waals surface area contributed by atoms with Crippen LogP contribution in [-0.4, -0.2) is 87.1 Å². The first-order valence-electron chi connectivity index (χ1n) is 21.1. The van der Waals surface area contributed by atoms with Gasteiger partial charge in [-0.3, -0.25) is 9.59 Å². The summed E-state index contributed by atoms with van der Waals surface area (Å²) in [5.74, 6) is 1.90. The van der Waals surface area contributed by atoms with E-state index in [4.69, 9.17) is 24.2 Å². The number of nitrogens with zero attached hydrogens (tertiary/aromatic N) is 4. The van der Waals surface area contributed by atoms with Crippen molar-refractivity contribution in [1.29, 1.82) is 0 Å². The molecule has 62 heavy (non-hydrogen) atoms. The molecule has 0 aliphatic carbocycles. The van der Waals surface area contributed by atoms with E-state index in [9.17, 15) is 19.2 Å². The number of imidazole rings is 2. The molecule has 5 heterocycles. The van der Waals surface area contributed by atoms with Gasteiger partial charge in [0.25, 0.3) is 5.91 Å². The van der Waals surface area contributed by atoms with Crippen LogP contribution in [0.1, 0.15) is 80.9 Å². The number of H-pyrrole nitrogens is 2. The van der Waals surface area contributed by atoms with Gasteiger partial charge in [-0.2, -0.15) is 0 Å². The van der Waals surface area contributed by atoms with Gasteiger partial charge in [0.2, 0.25) is 5.91 Å². The SMILES string of the molecule is COC(=O)N[C@H](C(=O)N1C[C@@H](C)C[C@H]1c1nc2c(ccc3cc4c(cc32)OCc2cc(-c3cnc([C@@H]5CCCN5C(=O)[C@H](NC(=O)OC)c5ccccc5)[nH]3)ccc2-4)[nH]1)C(C)C. The number of nitrogens with one attached hydrogen (secondary N) is 4. The molecule has 4 amide bonds. The molecule has 0 unspecified atom stereocenters. The van der Waals surface area contributed by atoms with Gasteiger partial charge < -0.3 is 44.6 Å². The van der Waals surface area contributed by atoms with Gasteiger partial charge in [0.15, 0.2) is 0 Å². The molecule has 0 saturated carbocycles. The topological polar surface area (TPSA) is 184 Å². The largest absolute Gasteiger partial charge is 0.488 e. The minimum absolute atomic E-state index is 0.135. The average Bonchev–Trinajstić information content (AvgIpc) is 4.12. The Kier molecular flexibility index (Phi) is 10.8. The van der Waals surface area contributed by atoms with Gasteiger partial charge in [-0.05, 0) is 83.0 Å². The van der Waals surface area contributed by atoms with Gasteiger partial charge >= 0.3 is 12.2 Å². The molecule has 2 aromatic heterocycles. The Morgan fingerprint density at radius 1 is 0.855 bits per heavy atom. The zero-order chi connectivity index (χ0) is 43.2. The second-order valence-corrected chi connectivity index (χ2v) is 16.9. The Morgan fingerprint density at radius 2 is 1.65 bits per heavy atom. The number of rotatable bonds is 9. The molecule has 0 spiro atoms. The molecule has 15 heteroatoms. The Morgan fingerprint density at radius 3 is 2.42 bits per heavy atom. The number of alkyl carbamates (subject to hydrolysis) is 2. The molecular formula is C47H50N8O7. The Hall–Kier alpha value is -6.90. The van der Waals surface area contributed by atoms with Crippen molar-refractivity contribution in [2.75, 3.05) is 27.3 Å². The number of aromatic nitrogens is 4. The standard InChI is InChI=1S/C47H50N8O7/c1-25(2)39(52-46(58)60-4)44(56)55-23-26(3)18-37(55)43-49-34-16-14-28-20-33-31-15-13-29(19-30(31)24-62-38(33)21-32(28)41(34)51-43)35-22-48-42(50-35)36-12-9-17-54(36)45(57)40(53-47(59)61-5)27-10-7-6-8-11-27/h6-8,10-11,13-16,19-22,25-26,36-37,39-40H,9,12,17-18,23-24H2,1-5H3,(H,48,50)(H,49,51)(H,52,58)(H,53,59)/t26-,36-,37-,39-,40+/m0/s1. The van der Waals surface area contributed by atoms with Crippen LogP contribution in [0.5, 0.6) is 5.75 Å². The summed E-state index contributed by atoms with van der Waals surface area (Å²) >= 11 is 0. The van der Waals surface area contributed by atoms with E-state index in [0.717, 1.165) is 74.8 Å². The van der Waals surface area contributed by atoms with Crippen LogP contribution in [0.3, 0.4) is 0 Å². The van der Waals surface area contributed by atoms with Gasteiger partial charge in [-0.15, -0.1) is 0 Å². The predicted molar refractivity (Wildman–Crippen MR) is 232 cm³/mol. The molecule has 0 radical (unpaired) electrons. The number of likely N-dealkylation sites (tertiary alicyclic amines) is 2. The highest BCUT2D eigenvalue weighted by molar-refractivity contribution is 6.07. The van der Waals surface area contributed by atoms with Crippen LogP contribution in [0.2, 0.25) is 0 Å². The van der Waals surface area contributed by atoms with Gasteiger partial charge in [0, 0.05) is 24.0 Å². The van der Waals surface area contributed by atoms with E-state index in [1.54, 1.807) is 11.1 Å². The van der Waals surface area contributed by atoms with Crippen LogP contribution < -0.4 is 15.4 Å².